The lowest BCUT2D eigenvalue weighted by Crippen LogP contribution is -2.23. The highest BCUT2D eigenvalue weighted by Crippen LogP contribution is 2.33. The summed E-state index contributed by atoms with van der Waals surface area (Å²) in [5.74, 6) is 1.08. The summed E-state index contributed by atoms with van der Waals surface area (Å²) in [6.45, 7) is 6.52. The van der Waals surface area contributed by atoms with E-state index >= 15 is 0 Å². The van der Waals surface area contributed by atoms with Gasteiger partial charge >= 0.3 is 0 Å². The maximum absolute atomic E-state index is 12.9. The first-order valence-corrected chi connectivity index (χ1v) is 11.8. The topological polar surface area (TPSA) is 80.9 Å². The number of thioether (sulfide) groups is 1. The third-order valence-corrected chi connectivity index (χ3v) is 7.44. The van der Waals surface area contributed by atoms with Gasteiger partial charge in [0.05, 0.1) is 17.2 Å². The van der Waals surface area contributed by atoms with Gasteiger partial charge in [-0.05, 0) is 13.0 Å². The van der Waals surface area contributed by atoms with Crippen LogP contribution in [0, 0.1) is 6.92 Å². The number of hydrogen-bond donors (Lipinski definition) is 1. The minimum absolute atomic E-state index is 0.232. The summed E-state index contributed by atoms with van der Waals surface area (Å²) in [4.78, 5) is 17.5. The molecule has 0 aliphatic carbocycles. The summed E-state index contributed by atoms with van der Waals surface area (Å²) in [7, 11) is 0. The molecule has 0 bridgehead atoms. The normalized spacial score (nSPS) is 11.4. The summed E-state index contributed by atoms with van der Waals surface area (Å²) in [5.41, 5.74) is 2.44. The monoisotopic (exact) mass is 444 g/mol. The Morgan fingerprint density at radius 2 is 2.10 bits per heavy atom. The molecular weight excluding hydrogens is 424 g/mol. The number of carbonyl (C=O) groups is 1. The number of nitrogens with one attached hydrogen (secondary N) is 1. The fraction of sp³-hybridized carbons (Fsp3) is 0.300. The second-order valence-electron chi connectivity index (χ2n) is 6.80. The van der Waals surface area contributed by atoms with E-state index in [-0.39, 0.29) is 5.91 Å². The quantitative estimate of drug-likeness (QED) is 0.385. The molecule has 0 unspecified atom stereocenters. The Labute approximate surface area is 180 Å². The van der Waals surface area contributed by atoms with E-state index in [0.29, 0.717) is 29.6 Å². The summed E-state index contributed by atoms with van der Waals surface area (Å²) in [6, 6.07) is 7.71. The van der Waals surface area contributed by atoms with Crippen LogP contribution in [0.5, 0.6) is 0 Å². The van der Waals surface area contributed by atoms with Crippen molar-refractivity contribution in [3.8, 4) is 0 Å². The molecule has 4 rings (SSSR count). The largest absolute Gasteiger partial charge is 0.451 e. The van der Waals surface area contributed by atoms with Gasteiger partial charge in [0.25, 0.3) is 5.91 Å². The van der Waals surface area contributed by atoms with Crippen molar-refractivity contribution in [2.45, 2.75) is 43.3 Å². The van der Waals surface area contributed by atoms with E-state index in [2.05, 4.69) is 34.3 Å². The Bertz CT molecular complexity index is 1150. The number of amides is 1. The van der Waals surface area contributed by atoms with Gasteiger partial charge in [-0.25, -0.2) is 4.98 Å². The molecule has 0 aliphatic heterocycles. The first kappa shape index (κ1) is 20.1. The van der Waals surface area contributed by atoms with Gasteiger partial charge in [0, 0.05) is 28.0 Å². The number of hydrogen-bond acceptors (Lipinski definition) is 8. The number of aryl methyl sites for hydroxylation is 1. The van der Waals surface area contributed by atoms with Crippen LogP contribution in [0.3, 0.4) is 0 Å². The molecule has 3 heterocycles. The lowest BCUT2D eigenvalue weighted by molar-refractivity contribution is 0.0924. The Kier molecular flexibility index (Phi) is 5.98. The molecular formula is C20H20N4O2S3. The number of rotatable bonds is 7. The van der Waals surface area contributed by atoms with Gasteiger partial charge in [-0.1, -0.05) is 55.1 Å². The third-order valence-electron chi connectivity index (χ3n) is 4.25. The molecule has 0 aliphatic rings. The third kappa shape index (κ3) is 4.52. The van der Waals surface area contributed by atoms with Gasteiger partial charge in [0.1, 0.15) is 10.6 Å². The number of aromatic nitrogens is 3. The molecule has 150 valence electrons. The lowest BCUT2D eigenvalue weighted by atomic mass is 10.1. The van der Waals surface area contributed by atoms with Crippen molar-refractivity contribution in [2.75, 3.05) is 0 Å². The van der Waals surface area contributed by atoms with Gasteiger partial charge in [-0.2, -0.15) is 0 Å². The van der Waals surface area contributed by atoms with Crippen LogP contribution in [0.15, 0.2) is 38.4 Å². The number of carbonyl (C=O) groups excluding carboxylic acids is 1. The Balaban J connectivity index is 1.54. The van der Waals surface area contributed by atoms with Gasteiger partial charge in [0.2, 0.25) is 0 Å². The SMILES string of the molecule is Cc1nnc(SCc2c(C(=O)NCc3csc(C(C)C)n3)oc3ccccc23)s1. The smallest absolute Gasteiger partial charge is 0.287 e. The van der Waals surface area contributed by atoms with Crippen LogP contribution in [0.25, 0.3) is 11.0 Å². The fourth-order valence-electron chi connectivity index (χ4n) is 2.82. The number of benzene rings is 1. The second kappa shape index (κ2) is 8.64. The molecule has 3 aromatic heterocycles. The van der Waals surface area contributed by atoms with E-state index in [0.717, 1.165) is 31.0 Å². The highest BCUT2D eigenvalue weighted by molar-refractivity contribution is 8.00. The molecule has 6 nitrogen and oxygen atoms in total. The number of nitrogens with zero attached hydrogens (tertiary/aromatic N) is 3. The predicted octanol–water partition coefficient (Wildman–Crippen LogP) is 5.39. The average Bonchev–Trinajstić information content (AvgIpc) is 3.42. The highest BCUT2D eigenvalue weighted by atomic mass is 32.2. The van der Waals surface area contributed by atoms with Crippen molar-refractivity contribution in [1.82, 2.24) is 20.5 Å². The number of fused-ring (bicyclic) bond motifs is 1. The number of furan rings is 1. The van der Waals surface area contributed by atoms with Crippen LogP contribution in [0.1, 0.15) is 51.6 Å². The van der Waals surface area contributed by atoms with Gasteiger partial charge < -0.3 is 9.73 Å². The van der Waals surface area contributed by atoms with Crippen molar-refractivity contribution in [3.05, 3.63) is 56.7 Å². The van der Waals surface area contributed by atoms with E-state index in [4.69, 9.17) is 4.42 Å². The van der Waals surface area contributed by atoms with Crippen LogP contribution < -0.4 is 5.32 Å². The van der Waals surface area contributed by atoms with Gasteiger partial charge in [0.15, 0.2) is 10.1 Å². The molecule has 4 aromatic rings. The van der Waals surface area contributed by atoms with Crippen LogP contribution in [-0.4, -0.2) is 21.1 Å². The van der Waals surface area contributed by atoms with E-state index in [9.17, 15) is 4.79 Å². The zero-order valence-electron chi connectivity index (χ0n) is 16.3. The molecule has 1 N–H and O–H groups in total. The summed E-state index contributed by atoms with van der Waals surface area (Å²) in [6.07, 6.45) is 0. The standard InChI is InChI=1S/C20H20N4O2S3/c1-11(2)19-22-13(9-27-19)8-21-18(25)17-15(10-28-20-24-23-12(3)29-20)14-6-4-5-7-16(14)26-17/h4-7,9,11H,8,10H2,1-3H3,(H,21,25). The summed E-state index contributed by atoms with van der Waals surface area (Å²) >= 11 is 4.72. The van der Waals surface area contributed by atoms with Crippen LogP contribution in [-0.2, 0) is 12.3 Å². The van der Waals surface area contributed by atoms with E-state index in [1.54, 1.807) is 34.4 Å². The van der Waals surface area contributed by atoms with Crippen molar-refractivity contribution in [2.24, 2.45) is 0 Å². The summed E-state index contributed by atoms with van der Waals surface area (Å²) < 4.78 is 6.79. The van der Waals surface area contributed by atoms with Crippen LogP contribution in [0.2, 0.25) is 0 Å². The molecule has 1 aromatic carbocycles. The maximum Gasteiger partial charge on any atom is 0.287 e. The molecule has 0 spiro atoms. The number of thiazole rings is 1. The van der Waals surface area contributed by atoms with Gasteiger partial charge in [-0.3, -0.25) is 4.79 Å². The van der Waals surface area contributed by atoms with E-state index < -0.39 is 0 Å². The summed E-state index contributed by atoms with van der Waals surface area (Å²) in [5, 5.41) is 16.1. The zero-order valence-corrected chi connectivity index (χ0v) is 18.7. The molecule has 0 saturated heterocycles. The minimum Gasteiger partial charge on any atom is -0.451 e. The Morgan fingerprint density at radius 3 is 2.83 bits per heavy atom. The predicted molar refractivity (Wildman–Crippen MR) is 118 cm³/mol. The number of para-hydroxylation sites is 1. The molecule has 0 saturated carbocycles. The molecule has 0 fully saturated rings. The molecule has 29 heavy (non-hydrogen) atoms. The average molecular weight is 445 g/mol. The lowest BCUT2D eigenvalue weighted by Gasteiger charge is -2.04. The Hall–Kier alpha value is -2.23. The highest BCUT2D eigenvalue weighted by Gasteiger charge is 2.21. The molecule has 0 atom stereocenters. The van der Waals surface area contributed by atoms with Crippen LogP contribution >= 0.6 is 34.4 Å². The van der Waals surface area contributed by atoms with Gasteiger partial charge in [-0.15, -0.1) is 21.5 Å². The molecule has 0 radical (unpaired) electrons. The fourth-order valence-corrected chi connectivity index (χ4v) is 5.49. The minimum atomic E-state index is -0.232. The second-order valence-corrected chi connectivity index (χ2v) is 10.1. The van der Waals surface area contributed by atoms with Crippen molar-refractivity contribution < 1.29 is 9.21 Å². The van der Waals surface area contributed by atoms with E-state index in [1.165, 1.54) is 0 Å². The first-order valence-electron chi connectivity index (χ1n) is 9.17. The van der Waals surface area contributed by atoms with E-state index in [1.807, 2.05) is 36.6 Å². The van der Waals surface area contributed by atoms with Crippen molar-refractivity contribution in [1.29, 1.82) is 0 Å². The first-order chi connectivity index (χ1) is 14.0. The molecule has 1 amide bonds. The maximum atomic E-state index is 12.9. The van der Waals surface area contributed by atoms with Crippen molar-refractivity contribution in [3.63, 3.8) is 0 Å². The zero-order chi connectivity index (χ0) is 20.4. The Morgan fingerprint density at radius 1 is 1.28 bits per heavy atom. The van der Waals surface area contributed by atoms with Crippen molar-refractivity contribution >= 4 is 51.3 Å². The van der Waals surface area contributed by atoms with Crippen LogP contribution in [0.4, 0.5) is 0 Å². The molecule has 9 heteroatoms.